The normalized spacial score (nSPS) is 15.6. The Morgan fingerprint density at radius 2 is 1.81 bits per heavy atom. The van der Waals surface area contributed by atoms with Crippen LogP contribution in [0.2, 0.25) is 0 Å². The third-order valence-electron chi connectivity index (χ3n) is 4.71. The van der Waals surface area contributed by atoms with Crippen molar-refractivity contribution in [3.8, 4) is 11.5 Å². The maximum absolute atomic E-state index is 12.4. The highest BCUT2D eigenvalue weighted by molar-refractivity contribution is 6.04. The van der Waals surface area contributed by atoms with E-state index in [1.165, 1.54) is 0 Å². The first kappa shape index (κ1) is 17.1. The minimum atomic E-state index is -0.261. The van der Waals surface area contributed by atoms with Crippen molar-refractivity contribution in [1.82, 2.24) is 9.88 Å². The van der Waals surface area contributed by atoms with Crippen LogP contribution in [0.25, 0.3) is 0 Å². The molecule has 0 radical (unpaired) electrons. The van der Waals surface area contributed by atoms with Crippen molar-refractivity contribution in [2.75, 3.05) is 43.2 Å². The summed E-state index contributed by atoms with van der Waals surface area (Å²) in [7, 11) is 0. The Labute approximate surface area is 156 Å². The molecule has 1 fully saturated rings. The van der Waals surface area contributed by atoms with E-state index in [2.05, 4.69) is 15.2 Å². The summed E-state index contributed by atoms with van der Waals surface area (Å²) in [6, 6.07) is 8.75. The van der Waals surface area contributed by atoms with Crippen LogP contribution >= 0.6 is 0 Å². The molecule has 0 spiro atoms. The lowest BCUT2D eigenvalue weighted by Crippen LogP contribution is -2.48. The van der Waals surface area contributed by atoms with Gasteiger partial charge in [-0.2, -0.15) is 0 Å². The molecule has 2 amide bonds. The van der Waals surface area contributed by atoms with Gasteiger partial charge in [-0.1, -0.05) is 0 Å². The van der Waals surface area contributed by atoms with E-state index in [4.69, 9.17) is 9.47 Å². The van der Waals surface area contributed by atoms with E-state index in [9.17, 15) is 9.59 Å². The quantitative estimate of drug-likeness (QED) is 0.888. The first-order valence-corrected chi connectivity index (χ1v) is 8.78. The van der Waals surface area contributed by atoms with Crippen LogP contribution in [0.15, 0.2) is 36.5 Å². The second-order valence-electron chi connectivity index (χ2n) is 6.42. The SMILES string of the molecule is CC(=O)N1CCN(c2ccc(NC(=O)c3ccc4c(c3)OCO4)nc2)CC1. The lowest BCUT2D eigenvalue weighted by Gasteiger charge is -2.35. The van der Waals surface area contributed by atoms with Gasteiger partial charge < -0.3 is 24.6 Å². The number of carbonyl (C=O) groups is 2. The van der Waals surface area contributed by atoms with E-state index < -0.39 is 0 Å². The summed E-state index contributed by atoms with van der Waals surface area (Å²) < 4.78 is 10.5. The highest BCUT2D eigenvalue weighted by Gasteiger charge is 2.19. The Bertz CT molecular complexity index is 861. The smallest absolute Gasteiger partial charge is 0.256 e. The van der Waals surface area contributed by atoms with Crippen LogP contribution in [-0.4, -0.2) is 54.7 Å². The second-order valence-corrected chi connectivity index (χ2v) is 6.42. The van der Waals surface area contributed by atoms with Crippen LogP contribution in [0.5, 0.6) is 11.5 Å². The monoisotopic (exact) mass is 368 g/mol. The molecule has 2 aliphatic rings. The highest BCUT2D eigenvalue weighted by atomic mass is 16.7. The highest BCUT2D eigenvalue weighted by Crippen LogP contribution is 2.32. The molecule has 1 aromatic carbocycles. The van der Waals surface area contributed by atoms with E-state index in [0.717, 1.165) is 18.8 Å². The molecule has 27 heavy (non-hydrogen) atoms. The molecule has 4 rings (SSSR count). The number of rotatable bonds is 3. The molecule has 1 saturated heterocycles. The molecule has 2 aliphatic heterocycles. The first-order chi connectivity index (χ1) is 13.1. The molecule has 1 N–H and O–H groups in total. The van der Waals surface area contributed by atoms with Gasteiger partial charge in [0.15, 0.2) is 11.5 Å². The molecule has 0 unspecified atom stereocenters. The fourth-order valence-electron chi connectivity index (χ4n) is 3.15. The van der Waals surface area contributed by atoms with Crippen molar-refractivity contribution in [3.05, 3.63) is 42.1 Å². The standard InChI is InChI=1S/C19H20N4O4/c1-13(24)22-6-8-23(9-7-22)15-3-5-18(20-11-15)21-19(25)14-2-4-16-17(10-14)27-12-26-16/h2-5,10-11H,6-9,12H2,1H3,(H,20,21,25). The van der Waals surface area contributed by atoms with Gasteiger partial charge in [-0.25, -0.2) is 4.98 Å². The summed E-state index contributed by atoms with van der Waals surface area (Å²) in [6.45, 7) is 4.71. The molecule has 3 heterocycles. The van der Waals surface area contributed by atoms with Gasteiger partial charge >= 0.3 is 0 Å². The molecule has 8 heteroatoms. The van der Waals surface area contributed by atoms with E-state index >= 15 is 0 Å². The fraction of sp³-hybridized carbons (Fsp3) is 0.316. The van der Waals surface area contributed by atoms with Gasteiger partial charge in [0.05, 0.1) is 11.9 Å². The third-order valence-corrected chi connectivity index (χ3v) is 4.71. The van der Waals surface area contributed by atoms with Gasteiger partial charge in [0.2, 0.25) is 12.7 Å². The Hall–Kier alpha value is -3.29. The number of pyridine rings is 1. The van der Waals surface area contributed by atoms with Gasteiger partial charge in [-0.15, -0.1) is 0 Å². The number of benzene rings is 1. The maximum atomic E-state index is 12.4. The van der Waals surface area contributed by atoms with Crippen LogP contribution in [0.4, 0.5) is 11.5 Å². The van der Waals surface area contributed by atoms with Crippen LogP contribution in [0.1, 0.15) is 17.3 Å². The van der Waals surface area contributed by atoms with Crippen LogP contribution < -0.4 is 19.7 Å². The zero-order valence-corrected chi connectivity index (χ0v) is 15.0. The van der Waals surface area contributed by atoms with Crippen molar-refractivity contribution in [1.29, 1.82) is 0 Å². The molecular formula is C19H20N4O4. The van der Waals surface area contributed by atoms with E-state index in [-0.39, 0.29) is 18.6 Å². The number of nitrogens with one attached hydrogen (secondary N) is 1. The third kappa shape index (κ3) is 3.64. The molecule has 1 aromatic heterocycles. The van der Waals surface area contributed by atoms with Crippen molar-refractivity contribution >= 4 is 23.3 Å². The van der Waals surface area contributed by atoms with Crippen LogP contribution in [-0.2, 0) is 4.79 Å². The predicted octanol–water partition coefficient (Wildman–Crippen LogP) is 1.73. The lowest BCUT2D eigenvalue weighted by molar-refractivity contribution is -0.129. The van der Waals surface area contributed by atoms with Crippen LogP contribution in [0, 0.1) is 0 Å². The second kappa shape index (κ2) is 7.14. The average molecular weight is 368 g/mol. The molecule has 0 saturated carbocycles. The Morgan fingerprint density at radius 1 is 1.04 bits per heavy atom. The predicted molar refractivity (Wildman–Crippen MR) is 99.2 cm³/mol. The number of hydrogen-bond acceptors (Lipinski definition) is 6. The van der Waals surface area contributed by atoms with Crippen molar-refractivity contribution in [2.24, 2.45) is 0 Å². The number of anilines is 2. The number of fused-ring (bicyclic) bond motifs is 1. The van der Waals surface area contributed by atoms with Gasteiger partial charge in [0, 0.05) is 38.7 Å². The summed E-state index contributed by atoms with van der Waals surface area (Å²) in [5.74, 6) is 1.52. The molecule has 2 aromatic rings. The zero-order chi connectivity index (χ0) is 18.8. The van der Waals surface area contributed by atoms with Gasteiger partial charge in [0.1, 0.15) is 5.82 Å². The molecule has 140 valence electrons. The van der Waals surface area contributed by atoms with Crippen LogP contribution in [0.3, 0.4) is 0 Å². The van der Waals surface area contributed by atoms with Crippen molar-refractivity contribution in [2.45, 2.75) is 6.92 Å². The molecule has 0 bridgehead atoms. The van der Waals surface area contributed by atoms with E-state index in [0.29, 0.717) is 36.0 Å². The lowest BCUT2D eigenvalue weighted by atomic mass is 10.2. The minimum absolute atomic E-state index is 0.106. The van der Waals surface area contributed by atoms with Crippen molar-refractivity contribution < 1.29 is 19.1 Å². The zero-order valence-electron chi connectivity index (χ0n) is 15.0. The van der Waals surface area contributed by atoms with E-state index in [1.54, 1.807) is 37.4 Å². The number of ether oxygens (including phenoxy) is 2. The topological polar surface area (TPSA) is 84.0 Å². The molecule has 0 atom stereocenters. The number of amides is 2. The number of nitrogens with zero attached hydrogens (tertiary/aromatic N) is 3. The maximum Gasteiger partial charge on any atom is 0.256 e. The number of carbonyl (C=O) groups excluding carboxylic acids is 2. The summed E-state index contributed by atoms with van der Waals surface area (Å²) in [5, 5.41) is 2.78. The summed E-state index contributed by atoms with van der Waals surface area (Å²) in [6.07, 6.45) is 1.73. The van der Waals surface area contributed by atoms with Crippen molar-refractivity contribution in [3.63, 3.8) is 0 Å². The Morgan fingerprint density at radius 3 is 2.52 bits per heavy atom. The average Bonchev–Trinajstić information content (AvgIpc) is 3.16. The fourth-order valence-corrected chi connectivity index (χ4v) is 3.15. The number of hydrogen-bond donors (Lipinski definition) is 1. The van der Waals surface area contributed by atoms with Gasteiger partial charge in [-0.05, 0) is 30.3 Å². The molecule has 0 aliphatic carbocycles. The first-order valence-electron chi connectivity index (χ1n) is 8.78. The number of piperazine rings is 1. The summed E-state index contributed by atoms with van der Waals surface area (Å²) >= 11 is 0. The number of aromatic nitrogens is 1. The minimum Gasteiger partial charge on any atom is -0.454 e. The summed E-state index contributed by atoms with van der Waals surface area (Å²) in [4.78, 5) is 32.2. The van der Waals surface area contributed by atoms with Gasteiger partial charge in [0.25, 0.3) is 5.91 Å². The molecule has 8 nitrogen and oxygen atoms in total. The summed E-state index contributed by atoms with van der Waals surface area (Å²) in [5.41, 5.74) is 1.45. The molecular weight excluding hydrogens is 348 g/mol. The Balaban J connectivity index is 1.38. The largest absolute Gasteiger partial charge is 0.454 e. The Kier molecular flexibility index (Phi) is 4.53. The van der Waals surface area contributed by atoms with Gasteiger partial charge in [-0.3, -0.25) is 9.59 Å². The van der Waals surface area contributed by atoms with E-state index in [1.807, 2.05) is 11.0 Å².